The van der Waals surface area contributed by atoms with Crippen molar-refractivity contribution in [3.63, 3.8) is 0 Å². The van der Waals surface area contributed by atoms with Crippen molar-refractivity contribution in [3.05, 3.63) is 34.9 Å². The lowest BCUT2D eigenvalue weighted by Gasteiger charge is -2.42. The van der Waals surface area contributed by atoms with E-state index in [2.05, 4.69) is 52.8 Å². The van der Waals surface area contributed by atoms with Crippen molar-refractivity contribution in [1.82, 2.24) is 0 Å². The molecule has 0 saturated heterocycles. The molecule has 0 atom stereocenters. The molecule has 15 heavy (non-hydrogen) atoms. The van der Waals surface area contributed by atoms with Crippen molar-refractivity contribution in [1.29, 1.82) is 0 Å². The van der Waals surface area contributed by atoms with Gasteiger partial charge in [-0.2, -0.15) is 0 Å². The molecule has 2 rings (SSSR count). The molecule has 1 aromatic carbocycles. The first-order chi connectivity index (χ1) is 6.83. The predicted molar refractivity (Wildman–Crippen MR) is 66.5 cm³/mol. The summed E-state index contributed by atoms with van der Waals surface area (Å²) in [4.78, 5) is 0. The minimum absolute atomic E-state index is 0.358. The van der Waals surface area contributed by atoms with Gasteiger partial charge in [-0.05, 0) is 41.7 Å². The number of hydrogen-bond acceptors (Lipinski definition) is 0. The fourth-order valence-electron chi connectivity index (χ4n) is 2.70. The summed E-state index contributed by atoms with van der Waals surface area (Å²) in [7, 11) is 0. The lowest BCUT2D eigenvalue weighted by atomic mass is 9.72. The van der Waals surface area contributed by atoms with Crippen LogP contribution in [0.1, 0.15) is 57.2 Å². The smallest absolute Gasteiger partial charge is 0.0100 e. The van der Waals surface area contributed by atoms with Crippen LogP contribution in [0.3, 0.4) is 0 Å². The molecule has 0 spiro atoms. The van der Waals surface area contributed by atoms with Crippen molar-refractivity contribution >= 4 is 0 Å². The van der Waals surface area contributed by atoms with Crippen LogP contribution in [0.5, 0.6) is 0 Å². The Bertz CT molecular complexity index is 383. The highest BCUT2D eigenvalue weighted by molar-refractivity contribution is 5.43. The summed E-state index contributed by atoms with van der Waals surface area (Å²) in [5.74, 6) is 0. The summed E-state index contributed by atoms with van der Waals surface area (Å²) >= 11 is 0. The zero-order chi connectivity index (χ0) is 11.3. The summed E-state index contributed by atoms with van der Waals surface area (Å²) in [5, 5.41) is 0. The van der Waals surface area contributed by atoms with Crippen molar-refractivity contribution in [2.45, 2.75) is 58.3 Å². The van der Waals surface area contributed by atoms with E-state index < -0.39 is 0 Å². The molecule has 1 aliphatic carbocycles. The van der Waals surface area contributed by atoms with Crippen LogP contribution in [-0.2, 0) is 10.8 Å². The van der Waals surface area contributed by atoms with Crippen LogP contribution in [0.25, 0.3) is 0 Å². The van der Waals surface area contributed by atoms with Gasteiger partial charge in [-0.3, -0.25) is 0 Å². The third kappa shape index (κ3) is 1.71. The maximum Gasteiger partial charge on any atom is -0.0100 e. The number of rotatable bonds is 0. The molecule has 0 heteroatoms. The first kappa shape index (κ1) is 10.7. The molecular formula is C15H22. The Morgan fingerprint density at radius 1 is 0.867 bits per heavy atom. The number of benzene rings is 1. The third-order valence-corrected chi connectivity index (χ3v) is 4.01. The summed E-state index contributed by atoms with van der Waals surface area (Å²) in [5.41, 5.74) is 5.23. The number of fused-ring (bicyclic) bond motifs is 1. The SMILES string of the molecule is Cc1ccc2c(c1)C([13CH3])([13CH3])CCC2([13CH3])[13CH3]. The zero-order valence-corrected chi connectivity index (χ0v) is 10.6. The van der Waals surface area contributed by atoms with Crippen LogP contribution in [0.2, 0.25) is 0 Å². The van der Waals surface area contributed by atoms with Crippen LogP contribution in [-0.4, -0.2) is 0 Å². The van der Waals surface area contributed by atoms with Gasteiger partial charge in [-0.25, -0.2) is 0 Å². The van der Waals surface area contributed by atoms with E-state index in [1.807, 2.05) is 0 Å². The monoisotopic (exact) mass is 206 g/mol. The van der Waals surface area contributed by atoms with Crippen LogP contribution in [0.15, 0.2) is 18.2 Å². The summed E-state index contributed by atoms with van der Waals surface area (Å²) in [6.07, 6.45) is 2.60. The van der Waals surface area contributed by atoms with Crippen molar-refractivity contribution in [3.8, 4) is 0 Å². The van der Waals surface area contributed by atoms with E-state index in [4.69, 9.17) is 0 Å². The highest BCUT2D eigenvalue weighted by Crippen LogP contribution is 2.45. The third-order valence-electron chi connectivity index (χ3n) is 4.01. The largest absolute Gasteiger partial charge is 0.0590 e. The molecule has 0 unspecified atom stereocenters. The standard InChI is InChI=1S/C15H22/c1-11-6-7-12-13(10-11)15(4,5)9-8-14(12,2)3/h6-7,10H,8-9H2,1-5H3/i2+1,3+1,4+1,5+1. The molecule has 0 aliphatic heterocycles. The van der Waals surface area contributed by atoms with Gasteiger partial charge in [0.25, 0.3) is 0 Å². The number of hydrogen-bond donors (Lipinski definition) is 0. The average molecular weight is 206 g/mol. The topological polar surface area (TPSA) is 0 Å². The summed E-state index contributed by atoms with van der Waals surface area (Å²) < 4.78 is 0. The Balaban J connectivity index is 2.64. The first-order valence-corrected chi connectivity index (χ1v) is 5.95. The fraction of sp³-hybridized carbons (Fsp3) is 0.600. The quantitative estimate of drug-likeness (QED) is 0.554. The Morgan fingerprint density at radius 2 is 1.40 bits per heavy atom. The highest BCUT2D eigenvalue weighted by Gasteiger charge is 2.36. The molecular weight excluding hydrogens is 184 g/mol. The second-order valence-corrected chi connectivity index (χ2v) is 6.32. The van der Waals surface area contributed by atoms with E-state index in [1.54, 1.807) is 11.1 Å². The second kappa shape index (κ2) is 3.10. The van der Waals surface area contributed by atoms with Crippen molar-refractivity contribution in [2.24, 2.45) is 0 Å². The predicted octanol–water partition coefficient (Wildman–Crippen LogP) is 4.34. The molecule has 0 saturated carbocycles. The minimum atomic E-state index is 0.358. The van der Waals surface area contributed by atoms with Gasteiger partial charge in [0.1, 0.15) is 0 Å². The zero-order valence-electron chi connectivity index (χ0n) is 10.6. The van der Waals surface area contributed by atoms with Crippen molar-refractivity contribution in [2.75, 3.05) is 0 Å². The molecule has 1 aromatic rings. The first-order valence-electron chi connectivity index (χ1n) is 5.95. The maximum absolute atomic E-state index is 2.39. The van der Waals surface area contributed by atoms with Crippen LogP contribution in [0.4, 0.5) is 0 Å². The molecule has 1 aliphatic rings. The Hall–Kier alpha value is -0.780. The van der Waals surface area contributed by atoms with Gasteiger partial charge in [0.15, 0.2) is 0 Å². The van der Waals surface area contributed by atoms with Crippen LogP contribution >= 0.6 is 0 Å². The van der Waals surface area contributed by atoms with Crippen LogP contribution < -0.4 is 0 Å². The van der Waals surface area contributed by atoms with Crippen molar-refractivity contribution < 1.29 is 0 Å². The van der Waals surface area contributed by atoms with E-state index in [9.17, 15) is 0 Å². The molecule has 0 bridgehead atoms. The Labute approximate surface area is 93.7 Å². The van der Waals surface area contributed by atoms with Gasteiger partial charge in [-0.15, -0.1) is 0 Å². The molecule has 0 fully saturated rings. The second-order valence-electron chi connectivity index (χ2n) is 6.32. The summed E-state index contributed by atoms with van der Waals surface area (Å²) in [6.45, 7) is 11.7. The molecule has 82 valence electrons. The molecule has 0 aromatic heterocycles. The fourth-order valence-corrected chi connectivity index (χ4v) is 2.70. The molecule has 0 nitrogen and oxygen atoms in total. The highest BCUT2D eigenvalue weighted by atomic mass is 14.6. The normalized spacial score (nSPS) is 22.2. The van der Waals surface area contributed by atoms with Crippen LogP contribution in [0, 0.1) is 6.92 Å². The maximum atomic E-state index is 2.39. The summed E-state index contributed by atoms with van der Waals surface area (Å²) in [6, 6.07) is 6.98. The molecule has 0 amide bonds. The Kier molecular flexibility index (Phi) is 2.22. The minimum Gasteiger partial charge on any atom is -0.0590 e. The Morgan fingerprint density at radius 3 is 2.00 bits per heavy atom. The number of aryl methyl sites for hydroxylation is 1. The molecule has 0 radical (unpaired) electrons. The van der Waals surface area contributed by atoms with E-state index in [0.717, 1.165) is 0 Å². The van der Waals surface area contributed by atoms with Gasteiger partial charge in [0.05, 0.1) is 0 Å². The van der Waals surface area contributed by atoms with Gasteiger partial charge < -0.3 is 0 Å². The van der Waals surface area contributed by atoms with E-state index in [-0.39, 0.29) is 0 Å². The van der Waals surface area contributed by atoms with E-state index >= 15 is 0 Å². The van der Waals surface area contributed by atoms with E-state index in [0.29, 0.717) is 10.8 Å². The van der Waals surface area contributed by atoms with Gasteiger partial charge in [0, 0.05) is 0 Å². The lowest BCUT2D eigenvalue weighted by Crippen LogP contribution is -2.33. The average Bonchev–Trinajstić information content (AvgIpc) is 2.13. The van der Waals surface area contributed by atoms with Gasteiger partial charge in [-0.1, -0.05) is 51.5 Å². The van der Waals surface area contributed by atoms with Gasteiger partial charge in [0.2, 0.25) is 0 Å². The molecule has 0 heterocycles. The van der Waals surface area contributed by atoms with E-state index in [1.165, 1.54) is 18.4 Å². The lowest BCUT2D eigenvalue weighted by molar-refractivity contribution is 0.331. The van der Waals surface area contributed by atoms with Gasteiger partial charge >= 0.3 is 0 Å². The molecule has 0 N–H and O–H groups in total.